The van der Waals surface area contributed by atoms with Crippen LogP contribution in [-0.2, 0) is 5.75 Å². The van der Waals surface area contributed by atoms with Crippen LogP contribution in [0.4, 0.5) is 0 Å². The molecular weight excluding hydrogens is 236 g/mol. The first-order chi connectivity index (χ1) is 7.75. The zero-order valence-corrected chi connectivity index (χ0v) is 10.6. The van der Waals surface area contributed by atoms with Crippen molar-refractivity contribution in [1.82, 2.24) is 9.55 Å². The van der Waals surface area contributed by atoms with E-state index in [0.29, 0.717) is 0 Å². The summed E-state index contributed by atoms with van der Waals surface area (Å²) >= 11 is 6.94. The molecule has 0 aliphatic rings. The monoisotopic (exact) mass is 248 g/mol. The molecule has 1 heterocycles. The Morgan fingerprint density at radius 1 is 1.50 bits per heavy atom. The molecule has 0 aliphatic heterocycles. The number of hydrogen-bond acceptors (Lipinski definition) is 3. The molecule has 0 radical (unpaired) electrons. The molecular formula is C12H12N2S2. The molecule has 0 aliphatic carbocycles. The van der Waals surface area contributed by atoms with Gasteiger partial charge in [-0.1, -0.05) is 53.8 Å². The van der Waals surface area contributed by atoms with Crippen LogP contribution in [0.1, 0.15) is 11.1 Å². The third-order valence-corrected chi connectivity index (χ3v) is 3.66. The predicted molar refractivity (Wildman–Crippen MR) is 72.7 cm³/mol. The molecule has 1 aromatic heterocycles. The van der Waals surface area contributed by atoms with E-state index in [2.05, 4.69) is 36.2 Å². The van der Waals surface area contributed by atoms with E-state index in [-0.39, 0.29) is 0 Å². The van der Waals surface area contributed by atoms with Gasteiger partial charge in [-0.05, 0) is 12.5 Å². The number of hydrogen-bond donors (Lipinski definition) is 0. The summed E-state index contributed by atoms with van der Waals surface area (Å²) in [6, 6.07) is 8.48. The SMILES string of the molecule is Cc1cccc(CSC(=S)n2ccnc2)c1. The molecule has 0 bridgehead atoms. The van der Waals surface area contributed by atoms with E-state index in [1.807, 2.05) is 10.8 Å². The summed E-state index contributed by atoms with van der Waals surface area (Å²) in [5, 5.41) is 0. The number of rotatable bonds is 2. The van der Waals surface area contributed by atoms with Gasteiger partial charge in [-0.2, -0.15) is 0 Å². The molecule has 16 heavy (non-hydrogen) atoms. The Hall–Kier alpha value is -1.13. The van der Waals surface area contributed by atoms with Crippen LogP contribution in [0.2, 0.25) is 0 Å². The van der Waals surface area contributed by atoms with Gasteiger partial charge < -0.3 is 0 Å². The predicted octanol–water partition coefficient (Wildman–Crippen LogP) is 3.26. The topological polar surface area (TPSA) is 17.8 Å². The molecule has 4 heteroatoms. The van der Waals surface area contributed by atoms with E-state index in [9.17, 15) is 0 Å². The average molecular weight is 248 g/mol. The lowest BCUT2D eigenvalue weighted by molar-refractivity contribution is 1.18. The van der Waals surface area contributed by atoms with Crippen LogP contribution in [-0.4, -0.2) is 13.9 Å². The number of aromatic nitrogens is 2. The molecule has 0 atom stereocenters. The second-order valence-corrected chi connectivity index (χ2v) is 5.12. The van der Waals surface area contributed by atoms with E-state index < -0.39 is 0 Å². The number of thioether (sulfide) groups is 1. The number of aryl methyl sites for hydroxylation is 1. The highest BCUT2D eigenvalue weighted by Crippen LogP contribution is 2.16. The van der Waals surface area contributed by atoms with Gasteiger partial charge in [0, 0.05) is 18.1 Å². The maximum absolute atomic E-state index is 5.29. The number of nitrogens with zero attached hydrogens (tertiary/aromatic N) is 2. The lowest BCUT2D eigenvalue weighted by Crippen LogP contribution is -2.01. The molecule has 1 aromatic carbocycles. The van der Waals surface area contributed by atoms with Crippen molar-refractivity contribution in [3.63, 3.8) is 0 Å². The molecule has 2 rings (SSSR count). The average Bonchev–Trinajstić information content (AvgIpc) is 2.79. The van der Waals surface area contributed by atoms with Crippen LogP contribution < -0.4 is 0 Å². The van der Waals surface area contributed by atoms with Crippen molar-refractivity contribution in [3.05, 3.63) is 54.1 Å². The lowest BCUT2D eigenvalue weighted by Gasteiger charge is -2.04. The summed E-state index contributed by atoms with van der Waals surface area (Å²) in [6.07, 6.45) is 5.33. The van der Waals surface area contributed by atoms with E-state index >= 15 is 0 Å². The standard InChI is InChI=1S/C12H12N2S2/c1-10-3-2-4-11(7-10)8-16-12(15)14-6-5-13-9-14/h2-7,9H,8H2,1H3. The zero-order valence-electron chi connectivity index (χ0n) is 8.96. The molecule has 0 N–H and O–H groups in total. The second-order valence-electron chi connectivity index (χ2n) is 3.51. The van der Waals surface area contributed by atoms with Gasteiger partial charge in [-0.25, -0.2) is 4.98 Å². The van der Waals surface area contributed by atoms with E-state index in [1.54, 1.807) is 24.3 Å². The van der Waals surface area contributed by atoms with Crippen LogP contribution in [0.15, 0.2) is 43.0 Å². The fourth-order valence-electron chi connectivity index (χ4n) is 1.39. The maximum Gasteiger partial charge on any atom is 0.146 e. The van der Waals surface area contributed by atoms with Gasteiger partial charge in [0.05, 0.1) is 0 Å². The first kappa shape index (κ1) is 11.4. The quantitative estimate of drug-likeness (QED) is 0.760. The molecule has 0 spiro atoms. The molecule has 2 aromatic rings. The molecule has 82 valence electrons. The third kappa shape index (κ3) is 2.93. The number of thiocarbonyl (C=S) groups is 1. The highest BCUT2D eigenvalue weighted by atomic mass is 32.2. The van der Waals surface area contributed by atoms with Gasteiger partial charge >= 0.3 is 0 Å². The van der Waals surface area contributed by atoms with Crippen molar-refractivity contribution < 1.29 is 0 Å². The number of imidazole rings is 1. The highest BCUT2D eigenvalue weighted by Gasteiger charge is 2.01. The van der Waals surface area contributed by atoms with E-state index in [0.717, 1.165) is 10.1 Å². The lowest BCUT2D eigenvalue weighted by atomic mass is 10.2. The van der Waals surface area contributed by atoms with Crippen molar-refractivity contribution in [1.29, 1.82) is 0 Å². The van der Waals surface area contributed by atoms with Gasteiger partial charge in [0.1, 0.15) is 10.6 Å². The Labute approximate surface area is 105 Å². The fourth-order valence-corrected chi connectivity index (χ4v) is 2.40. The minimum Gasteiger partial charge on any atom is -0.291 e. The summed E-state index contributed by atoms with van der Waals surface area (Å²) < 4.78 is 2.69. The Bertz CT molecular complexity index is 478. The van der Waals surface area contributed by atoms with E-state index in [4.69, 9.17) is 12.2 Å². The van der Waals surface area contributed by atoms with Crippen LogP contribution in [0.5, 0.6) is 0 Å². The first-order valence-corrected chi connectivity index (χ1v) is 6.36. The van der Waals surface area contributed by atoms with Crippen molar-refractivity contribution in [2.24, 2.45) is 0 Å². The molecule has 0 fully saturated rings. The smallest absolute Gasteiger partial charge is 0.146 e. The second kappa shape index (κ2) is 5.27. The van der Waals surface area contributed by atoms with Crippen molar-refractivity contribution in [2.45, 2.75) is 12.7 Å². The first-order valence-electron chi connectivity index (χ1n) is 4.96. The van der Waals surface area contributed by atoms with Gasteiger partial charge in [0.2, 0.25) is 0 Å². The summed E-state index contributed by atoms with van der Waals surface area (Å²) in [4.78, 5) is 3.97. The normalized spacial score (nSPS) is 10.3. The zero-order chi connectivity index (χ0) is 11.4. The third-order valence-electron chi connectivity index (χ3n) is 2.16. The van der Waals surface area contributed by atoms with Crippen LogP contribution in [0.3, 0.4) is 0 Å². The largest absolute Gasteiger partial charge is 0.291 e. The van der Waals surface area contributed by atoms with Gasteiger partial charge in [0.25, 0.3) is 0 Å². The number of benzene rings is 1. The van der Waals surface area contributed by atoms with Gasteiger partial charge in [0.15, 0.2) is 0 Å². The van der Waals surface area contributed by atoms with Gasteiger partial charge in [-0.3, -0.25) is 4.57 Å². The van der Waals surface area contributed by atoms with Crippen molar-refractivity contribution in [2.75, 3.05) is 0 Å². The summed E-state index contributed by atoms with van der Waals surface area (Å²) in [7, 11) is 0. The van der Waals surface area contributed by atoms with Crippen molar-refractivity contribution >= 4 is 28.3 Å². The summed E-state index contributed by atoms with van der Waals surface area (Å²) in [5.41, 5.74) is 2.58. The highest BCUT2D eigenvalue weighted by molar-refractivity contribution is 8.22. The summed E-state index contributed by atoms with van der Waals surface area (Å²) in [5.74, 6) is 0.901. The fraction of sp³-hybridized carbons (Fsp3) is 0.167. The molecule has 0 amide bonds. The Kier molecular flexibility index (Phi) is 3.74. The minimum atomic E-state index is 0.832. The molecule has 2 nitrogen and oxygen atoms in total. The minimum absolute atomic E-state index is 0.832. The maximum atomic E-state index is 5.29. The Balaban J connectivity index is 1.95. The Morgan fingerprint density at radius 3 is 3.06 bits per heavy atom. The Morgan fingerprint density at radius 2 is 2.38 bits per heavy atom. The van der Waals surface area contributed by atoms with Crippen LogP contribution in [0.25, 0.3) is 0 Å². The molecule has 0 unspecified atom stereocenters. The van der Waals surface area contributed by atoms with Crippen LogP contribution in [0, 0.1) is 6.92 Å². The van der Waals surface area contributed by atoms with Crippen molar-refractivity contribution in [3.8, 4) is 0 Å². The van der Waals surface area contributed by atoms with Gasteiger partial charge in [-0.15, -0.1) is 0 Å². The molecule has 0 saturated carbocycles. The molecule has 0 saturated heterocycles. The van der Waals surface area contributed by atoms with Crippen LogP contribution >= 0.6 is 24.0 Å². The van der Waals surface area contributed by atoms with E-state index in [1.165, 1.54) is 11.1 Å². The summed E-state index contributed by atoms with van der Waals surface area (Å²) in [6.45, 7) is 2.10.